The Labute approximate surface area is 154 Å². The van der Waals surface area contributed by atoms with Crippen LogP contribution in [0.3, 0.4) is 0 Å². The topological polar surface area (TPSA) is 56.1 Å². The van der Waals surface area contributed by atoms with E-state index in [2.05, 4.69) is 22.4 Å². The summed E-state index contributed by atoms with van der Waals surface area (Å²) in [6.07, 6.45) is 5.54. The van der Waals surface area contributed by atoms with Crippen LogP contribution in [0, 0.1) is 17.2 Å². The van der Waals surface area contributed by atoms with Gasteiger partial charge in [-0.3, -0.25) is 4.79 Å². The highest BCUT2D eigenvalue weighted by Gasteiger charge is 2.22. The number of amides is 1. The molecule has 26 heavy (non-hydrogen) atoms. The number of carbonyl (C=O) groups is 1. The fourth-order valence-electron chi connectivity index (χ4n) is 4.15. The first-order valence-corrected chi connectivity index (χ1v) is 9.38. The first kappa shape index (κ1) is 16.7. The Bertz CT molecular complexity index is 845. The molecule has 0 bridgehead atoms. The van der Waals surface area contributed by atoms with Crippen LogP contribution >= 0.6 is 0 Å². The summed E-state index contributed by atoms with van der Waals surface area (Å²) in [5.41, 5.74) is 5.08. The summed E-state index contributed by atoms with van der Waals surface area (Å²) in [7, 11) is 0. The lowest BCUT2D eigenvalue weighted by Crippen LogP contribution is -2.16. The van der Waals surface area contributed by atoms with Gasteiger partial charge in [0.15, 0.2) is 0 Å². The van der Waals surface area contributed by atoms with Crippen molar-refractivity contribution in [2.24, 2.45) is 5.92 Å². The van der Waals surface area contributed by atoms with Crippen LogP contribution in [0.5, 0.6) is 0 Å². The first-order valence-electron chi connectivity index (χ1n) is 9.38. The second kappa shape index (κ2) is 7.21. The Balaban J connectivity index is 1.39. The van der Waals surface area contributed by atoms with E-state index in [1.807, 2.05) is 36.4 Å². The van der Waals surface area contributed by atoms with Gasteiger partial charge in [0.25, 0.3) is 0 Å². The summed E-state index contributed by atoms with van der Waals surface area (Å²) in [6.45, 7) is 1.57. The number of benzene rings is 2. The molecule has 0 aromatic heterocycles. The lowest BCUT2D eigenvalue weighted by Gasteiger charge is -2.18. The first-order chi connectivity index (χ1) is 12.7. The van der Waals surface area contributed by atoms with Gasteiger partial charge in [0.1, 0.15) is 0 Å². The molecule has 0 unspecified atom stereocenters. The van der Waals surface area contributed by atoms with Crippen LogP contribution in [-0.4, -0.2) is 5.91 Å². The van der Waals surface area contributed by atoms with Gasteiger partial charge >= 0.3 is 0 Å². The minimum Gasteiger partial charge on any atom is -0.363 e. The molecule has 2 aliphatic rings. The number of fused-ring (bicyclic) bond motifs is 1. The van der Waals surface area contributed by atoms with Crippen LogP contribution in [0.15, 0.2) is 42.5 Å². The molecular formula is C22H23N3O. The van der Waals surface area contributed by atoms with Gasteiger partial charge in [-0.2, -0.15) is 5.26 Å². The number of nitrogens with zero attached hydrogens (tertiary/aromatic N) is 2. The standard InChI is InChI=1S/C22H23N3O/c23-13-17-6-3-7-18-14-25(15-21(17)18)20-10-8-19(9-11-20)24-22(26)12-16-4-1-2-5-16/h3,6-11,16H,1-2,4-5,12,14-15H2,(H,24,26). The normalized spacial score (nSPS) is 16.3. The van der Waals surface area contributed by atoms with Crippen LogP contribution in [0.1, 0.15) is 48.8 Å². The highest BCUT2D eigenvalue weighted by molar-refractivity contribution is 5.91. The van der Waals surface area contributed by atoms with Crippen molar-refractivity contribution in [3.05, 3.63) is 59.2 Å². The summed E-state index contributed by atoms with van der Waals surface area (Å²) < 4.78 is 0. The Kier molecular flexibility index (Phi) is 4.62. The van der Waals surface area contributed by atoms with Gasteiger partial charge in [0.05, 0.1) is 11.6 Å². The maximum absolute atomic E-state index is 12.2. The highest BCUT2D eigenvalue weighted by atomic mass is 16.1. The molecule has 2 aromatic rings. The minimum atomic E-state index is 0.122. The zero-order chi connectivity index (χ0) is 17.9. The lowest BCUT2D eigenvalue weighted by molar-refractivity contribution is -0.117. The van der Waals surface area contributed by atoms with Crippen molar-refractivity contribution in [3.63, 3.8) is 0 Å². The number of rotatable bonds is 4. The third kappa shape index (κ3) is 3.43. The minimum absolute atomic E-state index is 0.122. The largest absolute Gasteiger partial charge is 0.363 e. The van der Waals surface area contributed by atoms with E-state index in [4.69, 9.17) is 0 Å². The molecule has 1 saturated carbocycles. The molecule has 4 nitrogen and oxygen atoms in total. The van der Waals surface area contributed by atoms with E-state index in [-0.39, 0.29) is 5.91 Å². The second-order valence-electron chi connectivity index (χ2n) is 7.36. The molecule has 1 fully saturated rings. The zero-order valence-corrected chi connectivity index (χ0v) is 14.9. The summed E-state index contributed by atoms with van der Waals surface area (Å²) >= 11 is 0. The lowest BCUT2D eigenvalue weighted by atomic mass is 10.0. The van der Waals surface area contributed by atoms with E-state index in [1.54, 1.807) is 0 Å². The number of anilines is 2. The number of hydrogen-bond acceptors (Lipinski definition) is 3. The molecule has 0 atom stereocenters. The zero-order valence-electron chi connectivity index (χ0n) is 14.9. The molecule has 2 aromatic carbocycles. The molecule has 4 heteroatoms. The van der Waals surface area contributed by atoms with E-state index < -0.39 is 0 Å². The van der Waals surface area contributed by atoms with E-state index >= 15 is 0 Å². The number of nitrogens with one attached hydrogen (secondary N) is 1. The van der Waals surface area contributed by atoms with E-state index in [1.165, 1.54) is 31.2 Å². The fraction of sp³-hybridized carbons (Fsp3) is 0.364. The smallest absolute Gasteiger partial charge is 0.224 e. The highest BCUT2D eigenvalue weighted by Crippen LogP contribution is 2.31. The van der Waals surface area contributed by atoms with Crippen LogP contribution in [0.25, 0.3) is 0 Å². The summed E-state index contributed by atoms with van der Waals surface area (Å²) in [4.78, 5) is 14.4. The van der Waals surface area contributed by atoms with Crippen molar-refractivity contribution < 1.29 is 4.79 Å². The van der Waals surface area contributed by atoms with E-state index in [9.17, 15) is 10.1 Å². The quantitative estimate of drug-likeness (QED) is 0.881. The van der Waals surface area contributed by atoms with Crippen molar-refractivity contribution in [1.82, 2.24) is 0 Å². The Hall–Kier alpha value is -2.80. The van der Waals surface area contributed by atoms with Gasteiger partial charge in [-0.05, 0) is 60.2 Å². The third-order valence-electron chi connectivity index (χ3n) is 5.57. The number of carbonyl (C=O) groups excluding carboxylic acids is 1. The SMILES string of the molecule is N#Cc1cccc2c1CN(c1ccc(NC(=O)CC3CCCC3)cc1)C2. The average molecular weight is 345 g/mol. The van der Waals surface area contributed by atoms with Gasteiger partial charge in [0.2, 0.25) is 5.91 Å². The molecule has 1 heterocycles. The van der Waals surface area contributed by atoms with Crippen molar-refractivity contribution in [3.8, 4) is 6.07 Å². The van der Waals surface area contributed by atoms with E-state index in [0.717, 1.165) is 35.6 Å². The molecule has 1 amide bonds. The molecular weight excluding hydrogens is 322 g/mol. The molecule has 0 spiro atoms. The molecule has 4 rings (SSSR count). The predicted octanol–water partition coefficient (Wildman–Crippen LogP) is 4.60. The van der Waals surface area contributed by atoms with Crippen molar-refractivity contribution in [2.45, 2.75) is 45.2 Å². The monoisotopic (exact) mass is 345 g/mol. The van der Waals surface area contributed by atoms with Gasteiger partial charge < -0.3 is 10.2 Å². The van der Waals surface area contributed by atoms with Crippen LogP contribution in [-0.2, 0) is 17.9 Å². The molecule has 0 radical (unpaired) electrons. The van der Waals surface area contributed by atoms with Gasteiger partial charge in [-0.25, -0.2) is 0 Å². The maximum Gasteiger partial charge on any atom is 0.224 e. The fourth-order valence-corrected chi connectivity index (χ4v) is 4.15. The van der Waals surface area contributed by atoms with Gasteiger partial charge in [-0.1, -0.05) is 25.0 Å². The molecule has 0 saturated heterocycles. The van der Waals surface area contributed by atoms with Crippen molar-refractivity contribution in [1.29, 1.82) is 5.26 Å². The second-order valence-corrected chi connectivity index (χ2v) is 7.36. The summed E-state index contributed by atoms with van der Waals surface area (Å²) in [5, 5.41) is 12.3. The predicted molar refractivity (Wildman–Crippen MR) is 103 cm³/mol. The molecule has 1 N–H and O–H groups in total. The number of hydrogen-bond donors (Lipinski definition) is 1. The van der Waals surface area contributed by atoms with Crippen LogP contribution in [0.4, 0.5) is 11.4 Å². The molecule has 132 valence electrons. The van der Waals surface area contributed by atoms with Crippen LogP contribution < -0.4 is 10.2 Å². The molecule has 1 aliphatic carbocycles. The Morgan fingerprint density at radius 3 is 2.62 bits per heavy atom. The van der Waals surface area contributed by atoms with Crippen molar-refractivity contribution >= 4 is 17.3 Å². The van der Waals surface area contributed by atoms with Crippen LogP contribution in [0.2, 0.25) is 0 Å². The summed E-state index contributed by atoms with van der Waals surface area (Å²) in [5.74, 6) is 0.684. The van der Waals surface area contributed by atoms with Crippen molar-refractivity contribution in [2.75, 3.05) is 10.2 Å². The van der Waals surface area contributed by atoms with Gasteiger partial charge in [0, 0.05) is 30.9 Å². The number of nitriles is 1. The Morgan fingerprint density at radius 2 is 1.88 bits per heavy atom. The average Bonchev–Trinajstić information content (AvgIpc) is 3.31. The van der Waals surface area contributed by atoms with Gasteiger partial charge in [-0.15, -0.1) is 0 Å². The molecule has 1 aliphatic heterocycles. The maximum atomic E-state index is 12.2. The summed E-state index contributed by atoms with van der Waals surface area (Å²) in [6, 6.07) is 16.2. The van der Waals surface area contributed by atoms with E-state index in [0.29, 0.717) is 12.3 Å². The Morgan fingerprint density at radius 1 is 1.12 bits per heavy atom. The third-order valence-corrected chi connectivity index (χ3v) is 5.57.